The molecule has 2 aliphatic rings. The summed E-state index contributed by atoms with van der Waals surface area (Å²) in [5.74, 6) is 0.213. The van der Waals surface area contributed by atoms with Gasteiger partial charge in [0.2, 0.25) is 0 Å². The minimum absolute atomic E-state index is 0.191. The van der Waals surface area contributed by atoms with Crippen LogP contribution in [0.25, 0.3) is 0 Å². The highest BCUT2D eigenvalue weighted by atomic mass is 35.5. The summed E-state index contributed by atoms with van der Waals surface area (Å²) in [6, 6.07) is 2.97. The first kappa shape index (κ1) is 17.6. The van der Waals surface area contributed by atoms with E-state index < -0.39 is 15.7 Å². The van der Waals surface area contributed by atoms with Crippen LogP contribution < -0.4 is 0 Å². The number of nitrogens with zero attached hydrogens (tertiary/aromatic N) is 1. The molecule has 1 atom stereocenters. The molecular formula is C15H22ClNO4S2. The molecule has 0 bridgehead atoms. The first-order chi connectivity index (χ1) is 10.7. The van der Waals surface area contributed by atoms with E-state index >= 15 is 0 Å². The van der Waals surface area contributed by atoms with Gasteiger partial charge in [-0.3, -0.25) is 0 Å². The lowest BCUT2D eigenvalue weighted by molar-refractivity contribution is -0.0167. The number of halogens is 1. The zero-order valence-corrected chi connectivity index (χ0v) is 15.6. The number of sulfonamides is 1. The van der Waals surface area contributed by atoms with Crippen LogP contribution in [0.4, 0.5) is 0 Å². The summed E-state index contributed by atoms with van der Waals surface area (Å²) < 4.78 is 34.3. The summed E-state index contributed by atoms with van der Waals surface area (Å²) in [4.78, 5) is 0. The Kier molecular flexibility index (Phi) is 4.81. The molecule has 0 radical (unpaired) electrons. The number of hydrogen-bond donors (Lipinski definition) is 1. The van der Waals surface area contributed by atoms with Crippen molar-refractivity contribution in [3.05, 3.63) is 16.5 Å². The average molecular weight is 380 g/mol. The minimum atomic E-state index is -3.66. The molecule has 3 rings (SSSR count). The highest BCUT2D eigenvalue weighted by molar-refractivity contribution is 7.91. The Morgan fingerprint density at radius 2 is 1.96 bits per heavy atom. The highest BCUT2D eigenvalue weighted by Gasteiger charge is 2.51. The molecule has 1 saturated carbocycles. The molecule has 130 valence electrons. The molecule has 1 aliphatic heterocycles. The van der Waals surface area contributed by atoms with Crippen LogP contribution in [0.15, 0.2) is 16.3 Å². The SMILES string of the molecule is CC1(C)OCC(C2CCC(O)CC2)N1S(=O)(=O)c1ccc(Cl)s1. The van der Waals surface area contributed by atoms with Crippen molar-refractivity contribution in [1.29, 1.82) is 0 Å². The average Bonchev–Trinajstić information content (AvgIpc) is 3.03. The number of thiophene rings is 1. The van der Waals surface area contributed by atoms with E-state index in [9.17, 15) is 13.5 Å². The molecule has 1 aromatic rings. The van der Waals surface area contributed by atoms with Crippen molar-refractivity contribution in [1.82, 2.24) is 4.31 Å². The van der Waals surface area contributed by atoms with Gasteiger partial charge in [-0.15, -0.1) is 11.3 Å². The Morgan fingerprint density at radius 1 is 1.30 bits per heavy atom. The summed E-state index contributed by atoms with van der Waals surface area (Å²) >= 11 is 6.99. The third-order valence-corrected chi connectivity index (χ3v) is 8.57. The van der Waals surface area contributed by atoms with Gasteiger partial charge in [0, 0.05) is 0 Å². The first-order valence-corrected chi connectivity index (χ1v) is 10.5. The normalized spacial score (nSPS) is 32.3. The molecule has 2 heterocycles. The van der Waals surface area contributed by atoms with Gasteiger partial charge in [-0.25, -0.2) is 8.42 Å². The fourth-order valence-corrected chi connectivity index (χ4v) is 7.14. The van der Waals surface area contributed by atoms with Crippen molar-refractivity contribution >= 4 is 33.0 Å². The Balaban J connectivity index is 1.92. The Bertz CT molecular complexity index is 665. The van der Waals surface area contributed by atoms with Gasteiger partial charge in [0.25, 0.3) is 10.0 Å². The van der Waals surface area contributed by atoms with Crippen molar-refractivity contribution in [3.8, 4) is 0 Å². The molecule has 2 fully saturated rings. The smallest absolute Gasteiger partial charge is 0.255 e. The van der Waals surface area contributed by atoms with E-state index in [1.165, 1.54) is 4.31 Å². The van der Waals surface area contributed by atoms with Crippen LogP contribution in [0.5, 0.6) is 0 Å². The van der Waals surface area contributed by atoms with E-state index in [4.69, 9.17) is 16.3 Å². The van der Waals surface area contributed by atoms with Crippen LogP contribution in [-0.2, 0) is 14.8 Å². The third-order valence-electron chi connectivity index (χ3n) is 4.79. The summed E-state index contributed by atoms with van der Waals surface area (Å²) in [5, 5.41) is 9.70. The van der Waals surface area contributed by atoms with Crippen molar-refractivity contribution in [2.75, 3.05) is 6.61 Å². The van der Waals surface area contributed by atoms with Crippen molar-refractivity contribution in [3.63, 3.8) is 0 Å². The molecule has 5 nitrogen and oxygen atoms in total. The second-order valence-electron chi connectivity index (χ2n) is 6.75. The van der Waals surface area contributed by atoms with Gasteiger partial charge in [-0.1, -0.05) is 11.6 Å². The van der Waals surface area contributed by atoms with Crippen molar-refractivity contribution < 1.29 is 18.3 Å². The van der Waals surface area contributed by atoms with Gasteiger partial charge < -0.3 is 9.84 Å². The summed E-state index contributed by atoms with van der Waals surface area (Å²) in [6.07, 6.45) is 2.83. The maximum atomic E-state index is 13.1. The second kappa shape index (κ2) is 6.28. The molecule has 1 unspecified atom stereocenters. The van der Waals surface area contributed by atoms with Crippen molar-refractivity contribution in [2.24, 2.45) is 5.92 Å². The summed E-state index contributed by atoms with van der Waals surface area (Å²) in [5.41, 5.74) is -0.879. The Hall–Kier alpha value is -0.180. The van der Waals surface area contributed by atoms with Gasteiger partial charge in [-0.05, 0) is 57.6 Å². The molecule has 8 heteroatoms. The maximum absolute atomic E-state index is 13.1. The molecule has 0 amide bonds. The minimum Gasteiger partial charge on any atom is -0.393 e. The number of rotatable bonds is 3. The zero-order chi connectivity index (χ0) is 16.8. The largest absolute Gasteiger partial charge is 0.393 e. The molecule has 0 spiro atoms. The van der Waals surface area contributed by atoms with Crippen molar-refractivity contribution in [2.45, 2.75) is 61.6 Å². The van der Waals surface area contributed by atoms with E-state index in [-0.39, 0.29) is 22.3 Å². The predicted molar refractivity (Wildman–Crippen MR) is 90.1 cm³/mol. The lowest BCUT2D eigenvalue weighted by atomic mass is 9.83. The number of ether oxygens (including phenoxy) is 1. The maximum Gasteiger partial charge on any atom is 0.255 e. The van der Waals surface area contributed by atoms with Gasteiger partial charge >= 0.3 is 0 Å². The Labute approximate surface area is 146 Å². The third kappa shape index (κ3) is 3.32. The summed E-state index contributed by atoms with van der Waals surface area (Å²) in [6.45, 7) is 3.97. The van der Waals surface area contributed by atoms with E-state index in [0.29, 0.717) is 10.9 Å². The molecular weight excluding hydrogens is 358 g/mol. The molecule has 1 aromatic heterocycles. The molecule has 1 saturated heterocycles. The number of aliphatic hydroxyl groups excluding tert-OH is 1. The van der Waals surface area contributed by atoms with Gasteiger partial charge in [-0.2, -0.15) is 4.31 Å². The second-order valence-corrected chi connectivity index (χ2v) is 10.5. The van der Waals surface area contributed by atoms with Crippen LogP contribution in [0.3, 0.4) is 0 Å². The van der Waals surface area contributed by atoms with Crippen LogP contribution in [0, 0.1) is 5.92 Å². The van der Waals surface area contributed by atoms with E-state index in [1.807, 2.05) is 0 Å². The van der Waals surface area contributed by atoms with E-state index in [2.05, 4.69) is 0 Å². The highest BCUT2D eigenvalue weighted by Crippen LogP contribution is 2.42. The van der Waals surface area contributed by atoms with Crippen LogP contribution in [0.2, 0.25) is 4.34 Å². The van der Waals surface area contributed by atoms with Crippen LogP contribution >= 0.6 is 22.9 Å². The number of hydrogen-bond acceptors (Lipinski definition) is 5. The molecule has 0 aromatic carbocycles. The van der Waals surface area contributed by atoms with Gasteiger partial charge in [0.1, 0.15) is 9.93 Å². The van der Waals surface area contributed by atoms with E-state index in [0.717, 1.165) is 37.0 Å². The molecule has 1 aliphatic carbocycles. The topological polar surface area (TPSA) is 66.8 Å². The zero-order valence-electron chi connectivity index (χ0n) is 13.2. The lowest BCUT2D eigenvalue weighted by Crippen LogP contribution is -2.50. The Morgan fingerprint density at radius 3 is 2.52 bits per heavy atom. The fourth-order valence-electron chi connectivity index (χ4n) is 3.63. The summed E-state index contributed by atoms with van der Waals surface area (Å²) in [7, 11) is -3.66. The van der Waals surface area contributed by atoms with Gasteiger partial charge in [0.15, 0.2) is 0 Å². The standard InChI is InChI=1S/C15H22ClNO4S2/c1-15(2)17(23(19,20)14-8-7-13(16)22-14)12(9-21-15)10-3-5-11(18)6-4-10/h7-8,10-12,18H,3-6,9H2,1-2H3. The fraction of sp³-hybridized carbons (Fsp3) is 0.733. The van der Waals surface area contributed by atoms with Crippen LogP contribution in [-0.4, -0.2) is 42.3 Å². The predicted octanol–water partition coefficient (Wildman–Crippen LogP) is 3.08. The van der Waals surface area contributed by atoms with Crippen LogP contribution in [0.1, 0.15) is 39.5 Å². The number of aliphatic hydroxyl groups is 1. The van der Waals surface area contributed by atoms with E-state index in [1.54, 1.807) is 26.0 Å². The van der Waals surface area contributed by atoms with Gasteiger partial charge in [0.05, 0.1) is 23.1 Å². The first-order valence-electron chi connectivity index (χ1n) is 7.84. The monoisotopic (exact) mass is 379 g/mol. The lowest BCUT2D eigenvalue weighted by Gasteiger charge is -2.37. The quantitative estimate of drug-likeness (QED) is 0.876. The molecule has 23 heavy (non-hydrogen) atoms. The molecule has 1 N–H and O–H groups in total.